The number of carbonyl (C=O) groups excluding carboxylic acids is 4. The van der Waals surface area contributed by atoms with Crippen LogP contribution in [0.3, 0.4) is 0 Å². The Balaban J connectivity index is 1.22. The predicted molar refractivity (Wildman–Crippen MR) is 249 cm³/mol. The molecule has 8 bridgehead atoms. The van der Waals surface area contributed by atoms with E-state index >= 15 is 0 Å². The van der Waals surface area contributed by atoms with E-state index in [9.17, 15) is 19.2 Å². The van der Waals surface area contributed by atoms with Gasteiger partial charge in [0.1, 0.15) is 5.92 Å². The first-order chi connectivity index (χ1) is 30.3. The number of H-pyrrole nitrogens is 2. The summed E-state index contributed by atoms with van der Waals surface area (Å²) in [5, 5.41) is 5.70. The molecule has 0 saturated heterocycles. The zero-order chi connectivity index (χ0) is 45.1. The molecule has 2 aromatic heterocycles. The molecule has 2 unspecified atom stereocenters. The lowest BCUT2D eigenvalue weighted by molar-refractivity contribution is -0.140. The number of para-hydroxylation sites is 2. The third-order valence-electron chi connectivity index (χ3n) is 12.7. The van der Waals surface area contributed by atoms with Crippen molar-refractivity contribution >= 4 is 64.8 Å². The molecule has 0 spiro atoms. The van der Waals surface area contributed by atoms with E-state index in [1.807, 2.05) is 32.1 Å². The number of nitrogens with zero attached hydrogens (tertiary/aromatic N) is 2. The van der Waals surface area contributed by atoms with Crippen LogP contribution in [-0.4, -0.2) is 65.4 Å². The number of aromatic nitrogens is 2. The SMILES string of the molecule is C=Cc1c2[nH]c(c1C)C=C1N=C(C(C(=O)OC)c3[nH]c(c(C)c3C(=O)OC)CC3=NC(C2)C(C)=C3CC)[C@@H](CCC(=O)N/C=C/c2cccc(C(=O)Nc3ccccc3N)c2)[C@@H]1C. The predicted octanol–water partition coefficient (Wildman–Crippen LogP) is 8.44. The number of allylic oxidation sites excluding steroid dienone is 2. The van der Waals surface area contributed by atoms with Crippen molar-refractivity contribution in [1.82, 2.24) is 15.3 Å². The Morgan fingerprint density at radius 2 is 1.78 bits per heavy atom. The fourth-order valence-electron chi connectivity index (χ4n) is 9.16. The first kappa shape index (κ1) is 44.0. The fourth-order valence-corrected chi connectivity index (χ4v) is 9.16. The van der Waals surface area contributed by atoms with Gasteiger partial charge in [-0.05, 0) is 103 Å². The Hall–Kier alpha value is -7.02. The standard InChI is InChI=1S/C50H55N7O6/c1-9-32-26(3)37-23-39-28(5)34(18-19-43(58)52-21-20-30-14-13-15-31(22-30)48(59)57-36-17-12-11-16-35(36)51)46(55-39)45(50(61)63-8)47-44(49(60)62-7)29(6)40(56-47)25-42-33(10-2)27(4)38(54-42)24-41(32)53-37/h9,11-17,20-23,28,34,38,45,53,56H,1,10,18-19,24-25,51H2,2-8H3,(H,52,58)(H,57,59)/b21-20+,39-23?/t28-,34-,38?,45?/m0/s1. The van der Waals surface area contributed by atoms with Crippen molar-refractivity contribution in [2.45, 2.75) is 78.7 Å². The molecule has 4 atom stereocenters. The maximum atomic E-state index is 14.2. The molecule has 7 rings (SSSR count). The minimum atomic E-state index is -1.11. The molecule has 13 nitrogen and oxygen atoms in total. The summed E-state index contributed by atoms with van der Waals surface area (Å²) in [4.78, 5) is 72.0. The molecule has 4 aromatic rings. The Morgan fingerprint density at radius 3 is 2.49 bits per heavy atom. The number of anilines is 2. The molecule has 0 saturated carbocycles. The van der Waals surface area contributed by atoms with E-state index in [1.165, 1.54) is 25.4 Å². The number of methoxy groups -OCH3 is 2. The number of fused-ring (bicyclic) bond motifs is 6. The molecule has 2 aromatic carbocycles. The van der Waals surface area contributed by atoms with Crippen molar-refractivity contribution in [3.05, 3.63) is 134 Å². The fraction of sp³-hybridized carbons (Fsp3) is 0.320. The number of rotatable bonds is 11. The number of hydrogen-bond acceptors (Lipinski definition) is 9. The molecule has 0 fully saturated rings. The van der Waals surface area contributed by atoms with Crippen molar-refractivity contribution < 1.29 is 28.7 Å². The summed E-state index contributed by atoms with van der Waals surface area (Å²) in [6, 6.07) is 13.9. The van der Waals surface area contributed by atoms with Gasteiger partial charge in [-0.25, -0.2) is 4.79 Å². The van der Waals surface area contributed by atoms with Gasteiger partial charge in [0.05, 0.1) is 42.9 Å². The highest BCUT2D eigenvalue weighted by Crippen LogP contribution is 2.43. The first-order valence-electron chi connectivity index (χ1n) is 21.3. The number of carbonyl (C=O) groups is 4. The molecular weight excluding hydrogens is 795 g/mol. The minimum Gasteiger partial charge on any atom is -0.468 e. The molecule has 3 aliphatic rings. The van der Waals surface area contributed by atoms with Gasteiger partial charge in [-0.2, -0.15) is 0 Å². The second-order valence-electron chi connectivity index (χ2n) is 16.3. The van der Waals surface area contributed by atoms with Crippen molar-refractivity contribution in [2.75, 3.05) is 25.3 Å². The quantitative estimate of drug-likeness (QED) is 0.0738. The largest absolute Gasteiger partial charge is 0.468 e. The van der Waals surface area contributed by atoms with Crippen LogP contribution in [0.2, 0.25) is 0 Å². The number of nitrogen functional groups attached to an aromatic ring is 1. The van der Waals surface area contributed by atoms with E-state index < -0.39 is 23.8 Å². The minimum absolute atomic E-state index is 0.0879. The van der Waals surface area contributed by atoms with Gasteiger partial charge >= 0.3 is 11.9 Å². The molecule has 13 heteroatoms. The lowest BCUT2D eigenvalue weighted by Crippen LogP contribution is -2.31. The summed E-state index contributed by atoms with van der Waals surface area (Å²) in [5.41, 5.74) is 18.5. The molecule has 63 heavy (non-hydrogen) atoms. The van der Waals surface area contributed by atoms with Gasteiger partial charge in [0, 0.05) is 77.1 Å². The number of benzene rings is 2. The number of esters is 2. The smallest absolute Gasteiger partial charge is 0.340 e. The van der Waals surface area contributed by atoms with E-state index in [0.717, 1.165) is 46.0 Å². The molecule has 6 N–H and O–H groups in total. The Bertz CT molecular complexity index is 2670. The van der Waals surface area contributed by atoms with Crippen LogP contribution in [0.25, 0.3) is 18.2 Å². The van der Waals surface area contributed by atoms with Crippen LogP contribution in [0.1, 0.15) is 112 Å². The lowest BCUT2D eigenvalue weighted by atomic mass is 9.80. The number of aromatic amines is 2. The van der Waals surface area contributed by atoms with E-state index in [0.29, 0.717) is 58.7 Å². The summed E-state index contributed by atoms with van der Waals surface area (Å²) >= 11 is 0. The molecule has 326 valence electrons. The van der Waals surface area contributed by atoms with Gasteiger partial charge in [-0.1, -0.05) is 50.8 Å². The molecule has 5 heterocycles. The molecule has 2 amide bonds. The third kappa shape index (κ3) is 8.73. The van der Waals surface area contributed by atoms with Gasteiger partial charge in [0.2, 0.25) is 5.91 Å². The van der Waals surface area contributed by atoms with Crippen molar-refractivity contribution in [3.8, 4) is 0 Å². The van der Waals surface area contributed by atoms with Crippen molar-refractivity contribution in [1.29, 1.82) is 0 Å². The van der Waals surface area contributed by atoms with E-state index in [2.05, 4.69) is 48.0 Å². The van der Waals surface area contributed by atoms with Gasteiger partial charge in [-0.3, -0.25) is 24.4 Å². The van der Waals surface area contributed by atoms with Gasteiger partial charge in [0.15, 0.2) is 0 Å². The van der Waals surface area contributed by atoms with Crippen LogP contribution in [-0.2, 0) is 31.9 Å². The van der Waals surface area contributed by atoms with E-state index in [-0.39, 0.29) is 35.8 Å². The lowest BCUT2D eigenvalue weighted by Gasteiger charge is -2.23. The zero-order valence-corrected chi connectivity index (χ0v) is 36.9. The first-order valence-corrected chi connectivity index (χ1v) is 21.3. The topological polar surface area (TPSA) is 193 Å². The zero-order valence-electron chi connectivity index (χ0n) is 36.9. The molecular formula is C50H55N7O6. The average Bonchev–Trinajstić information content (AvgIpc) is 3.96. The van der Waals surface area contributed by atoms with E-state index in [4.69, 9.17) is 25.2 Å². The van der Waals surface area contributed by atoms with Crippen LogP contribution >= 0.6 is 0 Å². The number of hydrogen-bond donors (Lipinski definition) is 5. The second-order valence-corrected chi connectivity index (χ2v) is 16.3. The molecule has 0 radical (unpaired) electrons. The number of nitrogens with two attached hydrogens (primary N) is 1. The molecule has 0 aliphatic carbocycles. The summed E-state index contributed by atoms with van der Waals surface area (Å²) in [6.07, 6.45) is 9.42. The highest BCUT2D eigenvalue weighted by atomic mass is 16.5. The van der Waals surface area contributed by atoms with Crippen molar-refractivity contribution in [3.63, 3.8) is 0 Å². The van der Waals surface area contributed by atoms with Gasteiger partial charge in [-0.15, -0.1) is 0 Å². The Labute approximate surface area is 367 Å². The van der Waals surface area contributed by atoms with E-state index in [1.54, 1.807) is 54.7 Å². The normalized spacial score (nSPS) is 19.3. The Morgan fingerprint density at radius 1 is 1.00 bits per heavy atom. The number of nitrogens with one attached hydrogen (secondary N) is 4. The summed E-state index contributed by atoms with van der Waals surface area (Å²) in [6.45, 7) is 14.3. The van der Waals surface area contributed by atoms with Crippen molar-refractivity contribution in [2.24, 2.45) is 21.8 Å². The molecule has 3 aliphatic heterocycles. The Kier molecular flexibility index (Phi) is 13.0. The third-order valence-corrected chi connectivity index (χ3v) is 12.7. The second kappa shape index (κ2) is 18.5. The summed E-state index contributed by atoms with van der Waals surface area (Å²) < 4.78 is 10.8. The maximum absolute atomic E-state index is 14.2. The van der Waals surface area contributed by atoms with Crippen LogP contribution < -0.4 is 16.4 Å². The summed E-state index contributed by atoms with van der Waals surface area (Å²) in [5.74, 6) is -3.50. The number of ether oxygens (including phenoxy) is 2. The highest BCUT2D eigenvalue weighted by molar-refractivity contribution is 6.12. The van der Waals surface area contributed by atoms with Gasteiger partial charge < -0.3 is 35.8 Å². The summed E-state index contributed by atoms with van der Waals surface area (Å²) in [7, 11) is 2.64. The highest BCUT2D eigenvalue weighted by Gasteiger charge is 2.44. The van der Waals surface area contributed by atoms with Crippen LogP contribution in [0.4, 0.5) is 11.4 Å². The maximum Gasteiger partial charge on any atom is 0.340 e. The number of amides is 2. The van der Waals surface area contributed by atoms with Crippen LogP contribution in [0.15, 0.2) is 88.1 Å². The average molecular weight is 850 g/mol. The van der Waals surface area contributed by atoms with Gasteiger partial charge in [0.25, 0.3) is 5.91 Å². The number of aliphatic imine (C=N–C) groups is 2. The van der Waals surface area contributed by atoms with Crippen LogP contribution in [0, 0.1) is 25.7 Å². The van der Waals surface area contributed by atoms with Crippen LogP contribution in [0.5, 0.6) is 0 Å². The monoisotopic (exact) mass is 849 g/mol.